The first-order valence-electron chi connectivity index (χ1n) is 9.21. The molecule has 2 N–H and O–H groups in total. The van der Waals surface area contributed by atoms with Crippen molar-refractivity contribution in [1.82, 2.24) is 9.38 Å². The summed E-state index contributed by atoms with van der Waals surface area (Å²) in [7, 11) is 0. The fourth-order valence-corrected chi connectivity index (χ4v) is 4.21. The normalized spacial score (nSPS) is 15.0. The summed E-state index contributed by atoms with van der Waals surface area (Å²) in [6.07, 6.45) is 8.80. The van der Waals surface area contributed by atoms with Gasteiger partial charge in [-0.1, -0.05) is 12.1 Å². The largest absolute Gasteiger partial charge is 0.486 e. The number of para-hydroxylation sites is 1. The van der Waals surface area contributed by atoms with Crippen LogP contribution in [-0.4, -0.2) is 28.0 Å². The Morgan fingerprint density at radius 1 is 1.31 bits per heavy atom. The van der Waals surface area contributed by atoms with Crippen LogP contribution in [0.1, 0.15) is 47.4 Å². The molecule has 1 fully saturated rings. The van der Waals surface area contributed by atoms with Gasteiger partial charge in [-0.15, -0.1) is 11.3 Å². The van der Waals surface area contributed by atoms with Crippen LogP contribution in [0.25, 0.3) is 17.1 Å². The number of fused-ring (bicyclic) bond motifs is 1. The average molecular weight is 419 g/mol. The van der Waals surface area contributed by atoms with Crippen molar-refractivity contribution < 1.29 is 23.0 Å². The molecule has 1 aromatic carbocycles. The van der Waals surface area contributed by atoms with Crippen molar-refractivity contribution in [3.63, 3.8) is 0 Å². The minimum absolute atomic E-state index is 0.0185. The molecule has 0 radical (unpaired) electrons. The lowest BCUT2D eigenvalue weighted by Crippen LogP contribution is -2.14. The number of halogens is 2. The van der Waals surface area contributed by atoms with Gasteiger partial charge < -0.3 is 15.2 Å². The quantitative estimate of drug-likeness (QED) is 0.608. The van der Waals surface area contributed by atoms with Crippen LogP contribution >= 0.6 is 11.3 Å². The molecule has 1 amide bonds. The number of imidazole rings is 1. The van der Waals surface area contributed by atoms with Crippen LogP contribution in [0.2, 0.25) is 0 Å². The zero-order valence-corrected chi connectivity index (χ0v) is 16.2. The highest BCUT2D eigenvalue weighted by atomic mass is 32.1. The van der Waals surface area contributed by atoms with Gasteiger partial charge in [0.25, 0.3) is 5.91 Å². The molecule has 9 heteroatoms. The first kappa shape index (κ1) is 19.4. The van der Waals surface area contributed by atoms with Crippen LogP contribution in [0.15, 0.2) is 29.8 Å². The number of benzene rings is 1. The van der Waals surface area contributed by atoms with Gasteiger partial charge in [-0.25, -0.2) is 4.98 Å². The van der Waals surface area contributed by atoms with Gasteiger partial charge in [-0.2, -0.15) is 8.78 Å². The fourth-order valence-electron chi connectivity index (χ4n) is 3.48. The zero-order valence-electron chi connectivity index (χ0n) is 15.4. The van der Waals surface area contributed by atoms with Gasteiger partial charge in [-0.3, -0.25) is 9.20 Å². The van der Waals surface area contributed by atoms with E-state index in [1.165, 1.54) is 17.4 Å². The SMILES string of the molecule is NC(=O)c1c(/C=C/c2cccc(OC(F)F)c2OC2CCCC2)nc2sccn12. The molecule has 1 aliphatic carbocycles. The van der Waals surface area contributed by atoms with E-state index in [4.69, 9.17) is 10.5 Å². The summed E-state index contributed by atoms with van der Waals surface area (Å²) in [5, 5.41) is 1.81. The molecular weight excluding hydrogens is 400 g/mol. The second-order valence-corrected chi connectivity index (χ2v) is 7.55. The molecule has 0 unspecified atom stereocenters. The van der Waals surface area contributed by atoms with Crippen molar-refractivity contribution >= 4 is 34.4 Å². The average Bonchev–Trinajstić information content (AvgIpc) is 3.38. The molecule has 0 saturated heterocycles. The highest BCUT2D eigenvalue weighted by Gasteiger charge is 2.22. The summed E-state index contributed by atoms with van der Waals surface area (Å²) in [6.45, 7) is -2.96. The number of amides is 1. The first-order valence-corrected chi connectivity index (χ1v) is 10.1. The van der Waals surface area contributed by atoms with E-state index in [9.17, 15) is 13.6 Å². The van der Waals surface area contributed by atoms with E-state index in [0.29, 0.717) is 16.2 Å². The van der Waals surface area contributed by atoms with Crippen molar-refractivity contribution in [2.45, 2.75) is 38.4 Å². The number of nitrogens with two attached hydrogens (primary N) is 1. The Balaban J connectivity index is 1.71. The summed E-state index contributed by atoms with van der Waals surface area (Å²) in [4.78, 5) is 16.9. The van der Waals surface area contributed by atoms with Crippen LogP contribution in [-0.2, 0) is 0 Å². The van der Waals surface area contributed by atoms with Crippen LogP contribution < -0.4 is 15.2 Å². The molecule has 1 aliphatic rings. The molecule has 6 nitrogen and oxygen atoms in total. The summed E-state index contributed by atoms with van der Waals surface area (Å²) in [6, 6.07) is 4.80. The lowest BCUT2D eigenvalue weighted by atomic mass is 10.1. The lowest BCUT2D eigenvalue weighted by Gasteiger charge is -2.18. The predicted molar refractivity (Wildman–Crippen MR) is 106 cm³/mol. The first-order chi connectivity index (χ1) is 14.0. The van der Waals surface area contributed by atoms with Crippen molar-refractivity contribution in [2.75, 3.05) is 0 Å². The molecule has 2 heterocycles. The van der Waals surface area contributed by atoms with Crippen molar-refractivity contribution in [3.8, 4) is 11.5 Å². The van der Waals surface area contributed by atoms with Crippen LogP contribution in [0.3, 0.4) is 0 Å². The Morgan fingerprint density at radius 3 is 2.83 bits per heavy atom. The van der Waals surface area contributed by atoms with E-state index in [1.54, 1.807) is 40.3 Å². The Morgan fingerprint density at radius 2 is 2.10 bits per heavy atom. The summed E-state index contributed by atoms with van der Waals surface area (Å²) in [5.74, 6) is -0.361. The second-order valence-electron chi connectivity index (χ2n) is 6.68. The van der Waals surface area contributed by atoms with E-state index in [0.717, 1.165) is 25.7 Å². The number of carbonyl (C=O) groups excluding carboxylic acids is 1. The monoisotopic (exact) mass is 419 g/mol. The molecule has 4 rings (SSSR count). The van der Waals surface area contributed by atoms with Crippen molar-refractivity contribution in [1.29, 1.82) is 0 Å². The molecular formula is C20H19F2N3O3S. The number of thiazole rings is 1. The minimum atomic E-state index is -2.96. The van der Waals surface area contributed by atoms with Gasteiger partial charge >= 0.3 is 6.61 Å². The van der Waals surface area contributed by atoms with Gasteiger partial charge in [0, 0.05) is 17.1 Å². The van der Waals surface area contributed by atoms with E-state index in [2.05, 4.69) is 9.72 Å². The maximum Gasteiger partial charge on any atom is 0.387 e. The highest BCUT2D eigenvalue weighted by Crippen LogP contribution is 2.37. The molecule has 2 aromatic heterocycles. The highest BCUT2D eigenvalue weighted by molar-refractivity contribution is 7.15. The smallest absolute Gasteiger partial charge is 0.387 e. The second kappa shape index (κ2) is 8.20. The Labute approximate surface area is 169 Å². The Bertz CT molecular complexity index is 1050. The maximum atomic E-state index is 12.9. The van der Waals surface area contributed by atoms with E-state index in [1.807, 2.05) is 0 Å². The molecule has 3 aromatic rings. The number of carbonyl (C=O) groups is 1. The molecule has 0 bridgehead atoms. The van der Waals surface area contributed by atoms with Gasteiger partial charge in [-0.05, 0) is 43.9 Å². The minimum Gasteiger partial charge on any atom is -0.486 e. The molecule has 0 spiro atoms. The number of ether oxygens (including phenoxy) is 2. The molecule has 1 saturated carbocycles. The lowest BCUT2D eigenvalue weighted by molar-refractivity contribution is -0.0520. The van der Waals surface area contributed by atoms with Gasteiger partial charge in [0.1, 0.15) is 5.69 Å². The van der Waals surface area contributed by atoms with Gasteiger partial charge in [0.15, 0.2) is 16.5 Å². The number of nitrogens with zero attached hydrogens (tertiary/aromatic N) is 2. The number of alkyl halides is 2. The Kier molecular flexibility index (Phi) is 5.48. The van der Waals surface area contributed by atoms with Crippen LogP contribution in [0.4, 0.5) is 8.78 Å². The summed E-state index contributed by atoms with van der Waals surface area (Å²) < 4.78 is 38.0. The molecule has 29 heavy (non-hydrogen) atoms. The molecule has 0 aliphatic heterocycles. The van der Waals surface area contributed by atoms with E-state index < -0.39 is 12.5 Å². The topological polar surface area (TPSA) is 78.9 Å². The van der Waals surface area contributed by atoms with E-state index >= 15 is 0 Å². The van der Waals surface area contributed by atoms with Gasteiger partial charge in [0.2, 0.25) is 0 Å². The molecule has 152 valence electrons. The number of hydrogen-bond acceptors (Lipinski definition) is 5. The zero-order chi connectivity index (χ0) is 20.4. The Hall–Kier alpha value is -2.94. The van der Waals surface area contributed by atoms with Crippen LogP contribution in [0, 0.1) is 0 Å². The summed E-state index contributed by atoms with van der Waals surface area (Å²) in [5.41, 5.74) is 6.73. The number of rotatable bonds is 7. The van der Waals surface area contributed by atoms with Gasteiger partial charge in [0.05, 0.1) is 11.8 Å². The fraction of sp³-hybridized carbons (Fsp3) is 0.300. The predicted octanol–water partition coefficient (Wildman–Crippen LogP) is 4.59. The third kappa shape index (κ3) is 4.09. The maximum absolute atomic E-state index is 12.9. The summed E-state index contributed by atoms with van der Waals surface area (Å²) >= 11 is 1.38. The van der Waals surface area contributed by atoms with Crippen molar-refractivity contribution in [2.24, 2.45) is 5.73 Å². The third-order valence-corrected chi connectivity index (χ3v) is 5.51. The third-order valence-electron chi connectivity index (χ3n) is 4.76. The van der Waals surface area contributed by atoms with Crippen molar-refractivity contribution in [3.05, 3.63) is 46.7 Å². The van der Waals surface area contributed by atoms with E-state index in [-0.39, 0.29) is 23.3 Å². The standard InChI is InChI=1S/C20H19F2N3O3S/c21-19(22)28-15-7-3-4-12(17(15)27-13-5-1-2-6-13)8-9-14-16(18(23)26)25-10-11-29-20(25)24-14/h3-4,7-11,13,19H,1-2,5-6H2,(H2,23,26)/b9-8+. The molecule has 0 atom stereocenters. The number of hydrogen-bond donors (Lipinski definition) is 1. The van der Waals surface area contributed by atoms with Crippen LogP contribution in [0.5, 0.6) is 11.5 Å². The number of aromatic nitrogens is 2. The number of primary amides is 1.